The van der Waals surface area contributed by atoms with E-state index in [1.165, 1.54) is 25.1 Å². The van der Waals surface area contributed by atoms with E-state index in [0.717, 1.165) is 22.3 Å². The molecule has 0 aliphatic carbocycles. The number of amides is 8. The maximum atomic E-state index is 14.7. The summed E-state index contributed by atoms with van der Waals surface area (Å²) in [5.41, 5.74) is 6.87. The number of primary amides is 1. The summed E-state index contributed by atoms with van der Waals surface area (Å²) in [6.07, 6.45) is -14.6. The second-order valence-electron chi connectivity index (χ2n) is 19.2. The zero-order valence-electron chi connectivity index (χ0n) is 43.7. The first kappa shape index (κ1) is 64.6. The van der Waals surface area contributed by atoms with Crippen molar-refractivity contribution in [3.63, 3.8) is 0 Å². The van der Waals surface area contributed by atoms with Gasteiger partial charge >= 0.3 is 35.7 Å². The second kappa shape index (κ2) is 30.6. The second-order valence-corrected chi connectivity index (χ2v) is 19.7. The first-order valence-corrected chi connectivity index (χ1v) is 25.5. The predicted octanol–water partition coefficient (Wildman–Crippen LogP) is -7.24. The van der Waals surface area contributed by atoms with Crippen molar-refractivity contribution in [3.8, 4) is 11.5 Å². The molecule has 0 radical (unpaired) electrons. The minimum Gasteiger partial charge on any atom is -0.691 e. The van der Waals surface area contributed by atoms with E-state index in [2.05, 4.69) is 36.0 Å². The van der Waals surface area contributed by atoms with Gasteiger partial charge in [0.2, 0.25) is 41.4 Å². The monoisotopic (exact) mass is 1150 g/mol. The van der Waals surface area contributed by atoms with Gasteiger partial charge in [-0.3, -0.25) is 38.6 Å². The molecule has 13 N–H and O–H groups in total. The Bertz CT molecular complexity index is 2620. The summed E-state index contributed by atoms with van der Waals surface area (Å²) in [6.45, 7) is 0.658. The summed E-state index contributed by atoms with van der Waals surface area (Å²) in [7, 11) is 0. The topological polar surface area (TPSA) is 420 Å². The summed E-state index contributed by atoms with van der Waals surface area (Å²) in [6, 6.07) is 9.83. The van der Waals surface area contributed by atoms with Crippen LogP contribution in [0.1, 0.15) is 49.8 Å². The normalized spacial score (nSPS) is 26.3. The number of carbonyl (C=O) groups excluding carboxylic acids is 8. The molecule has 0 bridgehead atoms. The Hall–Kier alpha value is -6.19. The molecule has 0 spiro atoms. The van der Waals surface area contributed by atoms with Crippen LogP contribution in [0, 0.1) is 5.92 Å². The predicted molar refractivity (Wildman–Crippen MR) is 269 cm³/mol. The van der Waals surface area contributed by atoms with E-state index < -0.39 is 172 Å². The van der Waals surface area contributed by atoms with Crippen molar-refractivity contribution in [1.29, 1.82) is 0 Å². The van der Waals surface area contributed by atoms with Gasteiger partial charge in [-0.2, -0.15) is 0 Å². The van der Waals surface area contributed by atoms with Crippen molar-refractivity contribution in [2.75, 3.05) is 19.6 Å². The van der Waals surface area contributed by atoms with Gasteiger partial charge in [-0.05, 0) is 35.7 Å². The van der Waals surface area contributed by atoms with Gasteiger partial charge in [0.25, 0.3) is 12.3 Å². The minimum absolute atomic E-state index is 0. The number of β-amino-alcohol motifs (C(OH)–C–C–N with tert-alkyl or cyclic N) is 1. The molecule has 3 aliphatic rings. The van der Waals surface area contributed by atoms with Gasteiger partial charge in [-0.1, -0.05) is 73.7 Å². The minimum atomic E-state index is -2.20. The van der Waals surface area contributed by atoms with E-state index in [-0.39, 0.29) is 72.2 Å². The van der Waals surface area contributed by atoms with Gasteiger partial charge in [-0.25, -0.2) is 4.79 Å². The molecule has 430 valence electrons. The quantitative estimate of drug-likeness (QED) is 0.0196. The van der Waals surface area contributed by atoms with Crippen LogP contribution in [0.4, 0.5) is 4.79 Å². The van der Waals surface area contributed by atoms with Gasteiger partial charge < -0.3 is 91.7 Å². The first-order chi connectivity index (χ1) is 37.6. The summed E-state index contributed by atoms with van der Waals surface area (Å²) >= 11 is 0.0960. The van der Waals surface area contributed by atoms with E-state index in [1.54, 1.807) is 60.7 Å². The molecule has 3 fully saturated rings. The number of alkyl carbamates (subject to hydrolysis) is 1. The molecule has 6 rings (SSSR count). The van der Waals surface area contributed by atoms with Crippen LogP contribution < -0.4 is 76.1 Å². The Morgan fingerprint density at radius 3 is 2.01 bits per heavy atom. The number of nitrogens with zero attached hydrogens (tertiary/aromatic N) is 2. The van der Waals surface area contributed by atoms with Gasteiger partial charge in [0.15, 0.2) is 11.5 Å². The van der Waals surface area contributed by atoms with E-state index in [1.807, 2.05) is 0 Å². The zero-order valence-corrected chi connectivity index (χ0v) is 46.5. The van der Waals surface area contributed by atoms with E-state index >= 15 is 0 Å². The van der Waals surface area contributed by atoms with Crippen LogP contribution >= 0.6 is 12.3 Å². The molecule has 0 unspecified atom stereocenters. The first-order valence-electron chi connectivity index (χ1n) is 24.9. The Kier molecular flexibility index (Phi) is 24.7. The number of nitrogens with one attached hydrogen (secondary N) is 5. The van der Waals surface area contributed by atoms with Gasteiger partial charge in [0.05, 0.1) is 43.0 Å². The molecular formula is C50H63N8NaO20S. The van der Waals surface area contributed by atoms with Crippen LogP contribution in [0.5, 0.6) is 11.5 Å². The number of ether oxygens (including phenoxy) is 2. The van der Waals surface area contributed by atoms with Crippen LogP contribution in [0.15, 0.2) is 78.9 Å². The molecule has 3 saturated heterocycles. The van der Waals surface area contributed by atoms with Gasteiger partial charge in [0.1, 0.15) is 49.5 Å². The van der Waals surface area contributed by atoms with Crippen LogP contribution in [0.2, 0.25) is 0 Å². The fourth-order valence-electron chi connectivity index (χ4n) is 9.17. The Balaban J connectivity index is 0.0000118. The van der Waals surface area contributed by atoms with Crippen molar-refractivity contribution >= 4 is 59.8 Å². The Labute approximate surface area is 484 Å². The zero-order chi connectivity index (χ0) is 57.5. The molecule has 3 aromatic carbocycles. The van der Waals surface area contributed by atoms with Crippen molar-refractivity contribution in [1.82, 2.24) is 36.4 Å². The molecular weight excluding hydrogens is 1090 g/mol. The Morgan fingerprint density at radius 1 is 0.750 bits per heavy atom. The molecule has 3 aromatic rings. The maximum absolute atomic E-state index is 14.7. The number of benzene rings is 3. The number of nitrogens with two attached hydrogens (primary N) is 1. The summed E-state index contributed by atoms with van der Waals surface area (Å²) in [5.74, 6) is -9.35. The van der Waals surface area contributed by atoms with Gasteiger partial charge in [0, 0.05) is 44.8 Å². The van der Waals surface area contributed by atoms with Crippen molar-refractivity contribution in [2.45, 2.75) is 126 Å². The average Bonchev–Trinajstić information content (AvgIpc) is 3.97. The fourth-order valence-corrected chi connectivity index (χ4v) is 9.42. The van der Waals surface area contributed by atoms with Crippen LogP contribution in [0.25, 0.3) is 0 Å². The molecule has 3 aliphatic heterocycles. The smallest absolute Gasteiger partial charge is 0.691 e. The molecule has 28 nitrogen and oxygen atoms in total. The van der Waals surface area contributed by atoms with Crippen molar-refractivity contribution < 1.29 is 127 Å². The molecule has 30 heteroatoms. The molecule has 8 amide bonds. The van der Waals surface area contributed by atoms with Crippen LogP contribution in [-0.4, -0.2) is 180 Å². The molecule has 0 saturated carbocycles. The van der Waals surface area contributed by atoms with E-state index in [9.17, 15) is 74.3 Å². The number of aliphatic hydroxyl groups excluding tert-OH is 6. The molecule has 13 atom stereocenters. The fraction of sp³-hybridized carbons (Fsp3) is 0.480. The summed E-state index contributed by atoms with van der Waals surface area (Å²) in [5, 5.41) is 93.5. The van der Waals surface area contributed by atoms with Crippen molar-refractivity contribution in [3.05, 3.63) is 95.6 Å². The van der Waals surface area contributed by atoms with E-state index in [0.29, 0.717) is 5.56 Å². The van der Waals surface area contributed by atoms with Crippen LogP contribution in [-0.2, 0) is 67.3 Å². The average molecular weight is 1150 g/mol. The largest absolute Gasteiger partial charge is 1.00 e. The third-order valence-corrected chi connectivity index (χ3v) is 13.6. The molecule has 0 aromatic heterocycles. The molecule has 80 heavy (non-hydrogen) atoms. The van der Waals surface area contributed by atoms with Crippen molar-refractivity contribution in [2.24, 2.45) is 11.7 Å². The third kappa shape index (κ3) is 17.7. The standard InChI is InChI=1S/C50H64N8O20S.Na/c1-25-21-58-42(43(25)65)47(69)52-20-30(60)17-32(53-50(72)75-24-28-11-7-4-8-12-28)44(66)54-39(26(2)59)48(70)57-22-31(61)18-33(57)45(67)55-40(46(68)56-41(49(58)71)35(63)19-38(51)64)34(62)15-29-13-14-36(37(16-29)76-79-78-77-73)74-23-27-9-5-3-6-10-27;/h3-14,16,25-26,30-35,39-43,59-63,65,73H,15,17-24H2,1-2H3,(H2,51,64)(H,52,69)(H,53,72)(H,54,66)(H,55,67)(H,56,68);/q;+1/p-1/t25-,26+,30+,31+,32-,33-,34+,35+,39-,40-,41-,42-,43-;/m0./s1. The maximum Gasteiger partial charge on any atom is 1.00 e. The van der Waals surface area contributed by atoms with E-state index in [4.69, 9.17) is 19.4 Å². The summed E-state index contributed by atoms with van der Waals surface area (Å²) < 4.78 is 20.9. The number of aliphatic hydroxyl groups is 6. The van der Waals surface area contributed by atoms with Gasteiger partial charge in [-0.15, -0.1) is 4.33 Å². The summed E-state index contributed by atoms with van der Waals surface area (Å²) in [4.78, 5) is 113. The Morgan fingerprint density at radius 2 is 1.38 bits per heavy atom. The van der Waals surface area contributed by atoms with Crippen LogP contribution in [0.3, 0.4) is 0 Å². The number of hydrogen-bond acceptors (Lipinski definition) is 21. The number of carbonyl (C=O) groups is 8. The molecule has 3 heterocycles. The number of fused-ring (bicyclic) bond motifs is 2. The number of hydrogen-bond donors (Lipinski definition) is 12. The number of rotatable bonds is 17. The SMILES string of the molecule is C[C@@H](O)[C@@H]1NC(=O)[C@@H](NC(=O)OCc2ccccc2)C[C@@H](O)CNC(=O)[C@@H]2[C@@H](O)[C@@H](C)CN2C(=O)[C@H]([C@H](O)CC(N)=O)NC(=O)[C@H]([C@H](O)Cc2ccc(OCc3ccccc3)c(OSOO[O-])c2)NC(=O)[C@@H]2C[C@@H](O)CN2C1=O.[Na+]. The third-order valence-electron chi connectivity index (χ3n) is 13.2.